The van der Waals surface area contributed by atoms with Gasteiger partial charge in [-0.05, 0) is 35.9 Å². The molecule has 1 aromatic heterocycles. The first-order valence-electron chi connectivity index (χ1n) is 7.91. The van der Waals surface area contributed by atoms with Gasteiger partial charge in [-0.15, -0.1) is 11.3 Å². The second kappa shape index (κ2) is 7.84. The Kier molecular flexibility index (Phi) is 5.34. The molecule has 5 nitrogen and oxygen atoms in total. The van der Waals surface area contributed by atoms with Crippen LogP contribution < -0.4 is 4.74 Å². The molecule has 2 aromatic rings. The summed E-state index contributed by atoms with van der Waals surface area (Å²) in [6.45, 7) is 0. The molecule has 1 aliphatic rings. The summed E-state index contributed by atoms with van der Waals surface area (Å²) < 4.78 is 5.88. The van der Waals surface area contributed by atoms with E-state index in [1.165, 1.54) is 11.3 Å². The Morgan fingerprint density at radius 1 is 1.12 bits per heavy atom. The third-order valence-electron chi connectivity index (χ3n) is 3.71. The molecule has 132 valence electrons. The molecule has 0 amide bonds. The molecule has 0 saturated heterocycles. The number of allylic oxidation sites excluding steroid dienone is 3. The molecule has 1 heterocycles. The number of hydrogen-bond acceptors (Lipinski definition) is 5. The van der Waals surface area contributed by atoms with Crippen molar-refractivity contribution in [2.24, 2.45) is 0 Å². The average molecular weight is 368 g/mol. The molecule has 0 fully saturated rings. The molecule has 1 atom stereocenters. The van der Waals surface area contributed by atoms with Gasteiger partial charge in [-0.1, -0.05) is 30.4 Å². The monoisotopic (exact) mass is 368 g/mol. The van der Waals surface area contributed by atoms with Gasteiger partial charge in [0, 0.05) is 17.4 Å². The Hall–Kier alpha value is -3.12. The van der Waals surface area contributed by atoms with Gasteiger partial charge in [0.2, 0.25) is 5.76 Å². The van der Waals surface area contributed by atoms with Crippen molar-refractivity contribution >= 4 is 28.7 Å². The van der Waals surface area contributed by atoms with Crippen LogP contribution in [-0.4, -0.2) is 28.1 Å². The minimum Gasteiger partial charge on any atom is -0.502 e. The van der Waals surface area contributed by atoms with Crippen molar-refractivity contribution in [3.05, 3.63) is 82.3 Å². The highest BCUT2D eigenvalue weighted by atomic mass is 32.1. The third-order valence-corrected chi connectivity index (χ3v) is 4.86. The molecule has 6 heteroatoms. The standard InChI is InChI=1S/C20H16O5S/c21-16(12-17(22)20(23)24)19-11-10-18(26-19)13-6-8-15(9-7-13)25-14-4-2-1-3-5-14/h1-8,10-12,15,22H,9H2,(H,23,24)/b17-12-. The lowest BCUT2D eigenvalue weighted by molar-refractivity contribution is -0.135. The predicted molar refractivity (Wildman–Crippen MR) is 99.6 cm³/mol. The van der Waals surface area contributed by atoms with E-state index < -0.39 is 17.5 Å². The van der Waals surface area contributed by atoms with Gasteiger partial charge >= 0.3 is 5.97 Å². The number of benzene rings is 1. The van der Waals surface area contributed by atoms with Crippen molar-refractivity contribution in [1.29, 1.82) is 0 Å². The summed E-state index contributed by atoms with van der Waals surface area (Å²) in [6.07, 6.45) is 7.34. The predicted octanol–water partition coefficient (Wildman–Crippen LogP) is 4.25. The normalized spacial score (nSPS) is 16.8. The molecule has 2 N–H and O–H groups in total. The second-order valence-electron chi connectivity index (χ2n) is 5.59. The summed E-state index contributed by atoms with van der Waals surface area (Å²) in [7, 11) is 0. The molecular weight excluding hydrogens is 352 g/mol. The van der Waals surface area contributed by atoms with Crippen LogP contribution in [0.5, 0.6) is 5.75 Å². The molecule has 0 radical (unpaired) electrons. The van der Waals surface area contributed by atoms with Crippen molar-refractivity contribution in [2.45, 2.75) is 12.5 Å². The lowest BCUT2D eigenvalue weighted by Gasteiger charge is -2.17. The van der Waals surface area contributed by atoms with Crippen molar-refractivity contribution < 1.29 is 24.5 Å². The first-order chi connectivity index (χ1) is 12.5. The molecular formula is C20H16O5S. The Bertz CT molecular complexity index is 905. The molecule has 3 rings (SSSR count). The maximum Gasteiger partial charge on any atom is 0.371 e. The van der Waals surface area contributed by atoms with Crippen LogP contribution >= 0.6 is 11.3 Å². The van der Waals surface area contributed by atoms with Gasteiger partial charge < -0.3 is 14.9 Å². The molecule has 1 unspecified atom stereocenters. The molecule has 1 aromatic carbocycles. The van der Waals surface area contributed by atoms with E-state index in [2.05, 4.69) is 0 Å². The van der Waals surface area contributed by atoms with E-state index >= 15 is 0 Å². The first kappa shape index (κ1) is 17.7. The van der Waals surface area contributed by atoms with Gasteiger partial charge in [0.1, 0.15) is 11.9 Å². The van der Waals surface area contributed by atoms with Crippen LogP contribution in [0.2, 0.25) is 0 Å². The van der Waals surface area contributed by atoms with E-state index in [1.54, 1.807) is 12.1 Å². The van der Waals surface area contributed by atoms with Gasteiger partial charge in [0.15, 0.2) is 5.78 Å². The second-order valence-corrected chi connectivity index (χ2v) is 6.67. The number of thiophene rings is 1. The summed E-state index contributed by atoms with van der Waals surface area (Å²) in [4.78, 5) is 23.8. The minimum absolute atomic E-state index is 0.0438. The fourth-order valence-electron chi connectivity index (χ4n) is 2.43. The van der Waals surface area contributed by atoms with Gasteiger partial charge in [0.05, 0.1) is 4.88 Å². The zero-order valence-corrected chi connectivity index (χ0v) is 14.5. The molecule has 0 bridgehead atoms. The number of ether oxygens (including phenoxy) is 1. The number of rotatable bonds is 6. The van der Waals surface area contributed by atoms with E-state index in [0.29, 0.717) is 17.4 Å². The summed E-state index contributed by atoms with van der Waals surface area (Å²) in [5.74, 6) is -2.22. The highest BCUT2D eigenvalue weighted by Gasteiger charge is 2.15. The number of carbonyl (C=O) groups is 2. The van der Waals surface area contributed by atoms with E-state index in [0.717, 1.165) is 16.2 Å². The zero-order chi connectivity index (χ0) is 18.5. The fraction of sp³-hybridized carbons (Fsp3) is 0.100. The van der Waals surface area contributed by atoms with Crippen LogP contribution in [-0.2, 0) is 4.79 Å². The molecule has 0 spiro atoms. The van der Waals surface area contributed by atoms with Crippen LogP contribution in [0.4, 0.5) is 0 Å². The molecule has 0 saturated carbocycles. The highest BCUT2D eigenvalue weighted by Crippen LogP contribution is 2.29. The summed E-state index contributed by atoms with van der Waals surface area (Å²) >= 11 is 1.25. The number of para-hydroxylation sites is 1. The van der Waals surface area contributed by atoms with E-state index in [1.807, 2.05) is 48.6 Å². The number of aliphatic hydroxyl groups is 1. The smallest absolute Gasteiger partial charge is 0.371 e. The van der Waals surface area contributed by atoms with Crippen molar-refractivity contribution in [3.8, 4) is 5.75 Å². The third kappa shape index (κ3) is 4.29. The van der Waals surface area contributed by atoms with Crippen LogP contribution in [0.1, 0.15) is 21.0 Å². The summed E-state index contributed by atoms with van der Waals surface area (Å²) in [5.41, 5.74) is 0.980. The Morgan fingerprint density at radius 3 is 2.54 bits per heavy atom. The van der Waals surface area contributed by atoms with Crippen molar-refractivity contribution in [1.82, 2.24) is 0 Å². The van der Waals surface area contributed by atoms with Crippen LogP contribution in [0.3, 0.4) is 0 Å². The van der Waals surface area contributed by atoms with Gasteiger partial charge in [-0.2, -0.15) is 0 Å². The maximum absolute atomic E-state index is 12.0. The van der Waals surface area contributed by atoms with Gasteiger partial charge in [-0.25, -0.2) is 4.79 Å². The van der Waals surface area contributed by atoms with E-state index in [9.17, 15) is 14.7 Å². The topological polar surface area (TPSA) is 83.8 Å². The molecule has 26 heavy (non-hydrogen) atoms. The Balaban J connectivity index is 1.66. The number of hydrogen-bond donors (Lipinski definition) is 2. The number of carbonyl (C=O) groups excluding carboxylic acids is 1. The van der Waals surface area contributed by atoms with Crippen LogP contribution in [0, 0.1) is 0 Å². The van der Waals surface area contributed by atoms with Crippen LogP contribution in [0.25, 0.3) is 5.57 Å². The molecule has 0 aliphatic heterocycles. The van der Waals surface area contributed by atoms with Crippen molar-refractivity contribution in [2.75, 3.05) is 0 Å². The van der Waals surface area contributed by atoms with Crippen LogP contribution in [0.15, 0.2) is 72.5 Å². The lowest BCUT2D eigenvalue weighted by Crippen LogP contribution is -2.14. The fourth-order valence-corrected chi connectivity index (χ4v) is 3.37. The van der Waals surface area contributed by atoms with Crippen molar-refractivity contribution in [3.63, 3.8) is 0 Å². The number of ketones is 1. The SMILES string of the molecule is O=C(O)/C(O)=C/C(=O)c1ccc(C2=CCC(Oc3ccccc3)C=C2)s1. The number of aliphatic hydroxyl groups excluding tert-OH is 1. The Morgan fingerprint density at radius 2 is 1.88 bits per heavy atom. The lowest BCUT2D eigenvalue weighted by atomic mass is 10.0. The zero-order valence-electron chi connectivity index (χ0n) is 13.7. The number of aliphatic carboxylic acids is 1. The highest BCUT2D eigenvalue weighted by molar-refractivity contribution is 7.15. The van der Waals surface area contributed by atoms with E-state index in [4.69, 9.17) is 9.84 Å². The number of carboxylic acids is 1. The minimum atomic E-state index is -1.53. The first-order valence-corrected chi connectivity index (χ1v) is 8.73. The Labute approximate surface area is 154 Å². The van der Waals surface area contributed by atoms with E-state index in [-0.39, 0.29) is 6.10 Å². The summed E-state index contributed by atoms with van der Waals surface area (Å²) in [5, 5.41) is 17.8. The summed E-state index contributed by atoms with van der Waals surface area (Å²) in [6, 6.07) is 13.0. The number of carboxylic acid groups (broad SMARTS) is 1. The van der Waals surface area contributed by atoms with Gasteiger partial charge in [0.25, 0.3) is 0 Å². The van der Waals surface area contributed by atoms with Gasteiger partial charge in [-0.3, -0.25) is 4.79 Å². The quantitative estimate of drug-likeness (QED) is 0.452. The molecule has 1 aliphatic carbocycles. The average Bonchev–Trinajstić information content (AvgIpc) is 3.13. The largest absolute Gasteiger partial charge is 0.502 e. The maximum atomic E-state index is 12.0.